The number of nitrogens with one attached hydrogen (secondary N) is 1. The Bertz CT molecular complexity index is 373. The molecule has 0 spiro atoms. The minimum atomic E-state index is -0.383. The van der Waals surface area contributed by atoms with Crippen molar-refractivity contribution in [3.8, 4) is 0 Å². The molecular formula is C10H14N2O3. The maximum absolute atomic E-state index is 11.5. The number of rotatable bonds is 2. The number of nitrogens with zero attached hydrogens (tertiary/aromatic N) is 1. The molecule has 2 rings (SSSR count). The third-order valence-corrected chi connectivity index (χ3v) is 2.59. The van der Waals surface area contributed by atoms with Crippen LogP contribution in [0.25, 0.3) is 0 Å². The average molecular weight is 210 g/mol. The number of aromatic nitrogens is 2. The Morgan fingerprint density at radius 1 is 1.73 bits per heavy atom. The number of carbonyl (C=O) groups is 1. The lowest BCUT2D eigenvalue weighted by Crippen LogP contribution is -2.19. The molecule has 82 valence electrons. The third-order valence-electron chi connectivity index (χ3n) is 2.59. The zero-order chi connectivity index (χ0) is 10.8. The van der Waals surface area contributed by atoms with Crippen LogP contribution in [0, 0.1) is 0 Å². The zero-order valence-corrected chi connectivity index (χ0v) is 8.62. The molecule has 0 saturated heterocycles. The molecule has 0 aliphatic heterocycles. The van der Waals surface area contributed by atoms with E-state index in [-0.39, 0.29) is 12.1 Å². The van der Waals surface area contributed by atoms with E-state index in [4.69, 9.17) is 4.74 Å². The van der Waals surface area contributed by atoms with Gasteiger partial charge in [-0.1, -0.05) is 0 Å². The van der Waals surface area contributed by atoms with Gasteiger partial charge in [-0.3, -0.25) is 5.10 Å². The van der Waals surface area contributed by atoms with Crippen LogP contribution < -0.4 is 0 Å². The van der Waals surface area contributed by atoms with Crippen LogP contribution in [0.2, 0.25) is 0 Å². The van der Waals surface area contributed by atoms with Crippen LogP contribution in [0.15, 0.2) is 0 Å². The summed E-state index contributed by atoms with van der Waals surface area (Å²) in [5, 5.41) is 16.2. The lowest BCUT2D eigenvalue weighted by atomic mass is 9.94. The van der Waals surface area contributed by atoms with Crippen LogP contribution >= 0.6 is 0 Å². The highest BCUT2D eigenvalue weighted by molar-refractivity contribution is 5.89. The Morgan fingerprint density at radius 3 is 3.27 bits per heavy atom. The highest BCUT2D eigenvalue weighted by Crippen LogP contribution is 2.22. The molecular weight excluding hydrogens is 196 g/mol. The predicted molar refractivity (Wildman–Crippen MR) is 52.6 cm³/mol. The minimum Gasteiger partial charge on any atom is -0.461 e. The predicted octanol–water partition coefficient (Wildman–Crippen LogP) is 0.436. The van der Waals surface area contributed by atoms with Gasteiger partial charge in [0, 0.05) is 17.7 Å². The van der Waals surface area contributed by atoms with Gasteiger partial charge < -0.3 is 9.84 Å². The molecule has 1 atom stereocenters. The fourth-order valence-corrected chi connectivity index (χ4v) is 1.86. The number of hydrogen-bond donors (Lipinski definition) is 2. The lowest BCUT2D eigenvalue weighted by molar-refractivity contribution is 0.0517. The summed E-state index contributed by atoms with van der Waals surface area (Å²) in [5.74, 6) is -0.383. The van der Waals surface area contributed by atoms with Gasteiger partial charge in [0.1, 0.15) is 0 Å². The molecule has 1 aromatic heterocycles. The van der Waals surface area contributed by atoms with Gasteiger partial charge in [0.2, 0.25) is 0 Å². The first-order valence-corrected chi connectivity index (χ1v) is 5.13. The molecule has 0 saturated carbocycles. The molecule has 1 aliphatic rings. The largest absolute Gasteiger partial charge is 0.461 e. The van der Waals surface area contributed by atoms with E-state index in [9.17, 15) is 9.90 Å². The number of esters is 1. The Hall–Kier alpha value is -1.36. The Kier molecular flexibility index (Phi) is 2.73. The van der Waals surface area contributed by atoms with Crippen molar-refractivity contribution < 1.29 is 14.6 Å². The van der Waals surface area contributed by atoms with Crippen molar-refractivity contribution in [1.29, 1.82) is 0 Å². The van der Waals surface area contributed by atoms with Crippen LogP contribution in [0.5, 0.6) is 0 Å². The second-order valence-electron chi connectivity index (χ2n) is 3.65. The summed E-state index contributed by atoms with van der Waals surface area (Å²) in [6.07, 6.45) is 1.58. The number of aliphatic hydroxyl groups is 1. The van der Waals surface area contributed by atoms with E-state index in [1.54, 1.807) is 6.92 Å². The molecule has 2 N–H and O–H groups in total. The van der Waals surface area contributed by atoms with E-state index in [0.717, 1.165) is 11.3 Å². The van der Waals surface area contributed by atoms with Gasteiger partial charge in [-0.2, -0.15) is 5.10 Å². The summed E-state index contributed by atoms with van der Waals surface area (Å²) < 4.78 is 4.90. The van der Waals surface area contributed by atoms with Crippen molar-refractivity contribution in [1.82, 2.24) is 10.2 Å². The highest BCUT2D eigenvalue weighted by Gasteiger charge is 2.25. The molecule has 1 heterocycles. The Morgan fingerprint density at radius 2 is 2.53 bits per heavy atom. The van der Waals surface area contributed by atoms with Crippen LogP contribution in [-0.4, -0.2) is 34.0 Å². The van der Waals surface area contributed by atoms with Crippen LogP contribution in [0.3, 0.4) is 0 Å². The molecule has 5 nitrogen and oxygen atoms in total. The molecule has 15 heavy (non-hydrogen) atoms. The molecule has 0 radical (unpaired) electrons. The summed E-state index contributed by atoms with van der Waals surface area (Å²) in [7, 11) is 0. The monoisotopic (exact) mass is 210 g/mol. The summed E-state index contributed by atoms with van der Waals surface area (Å²) in [6.45, 7) is 2.11. The lowest BCUT2D eigenvalue weighted by Gasteiger charge is -2.16. The van der Waals surface area contributed by atoms with E-state index in [0.29, 0.717) is 31.6 Å². The number of H-pyrrole nitrogens is 1. The van der Waals surface area contributed by atoms with E-state index in [1.165, 1.54) is 0 Å². The zero-order valence-electron chi connectivity index (χ0n) is 8.62. The van der Waals surface area contributed by atoms with Crippen molar-refractivity contribution in [3.05, 3.63) is 17.0 Å². The Labute approximate surface area is 87.4 Å². The van der Waals surface area contributed by atoms with E-state index >= 15 is 0 Å². The fourth-order valence-electron chi connectivity index (χ4n) is 1.86. The van der Waals surface area contributed by atoms with Gasteiger partial charge in [0.25, 0.3) is 0 Å². The quantitative estimate of drug-likeness (QED) is 0.694. The molecule has 1 unspecified atom stereocenters. The van der Waals surface area contributed by atoms with Crippen molar-refractivity contribution in [2.24, 2.45) is 0 Å². The first kappa shape index (κ1) is 10.2. The van der Waals surface area contributed by atoms with E-state index in [2.05, 4.69) is 10.2 Å². The van der Waals surface area contributed by atoms with Gasteiger partial charge in [0.05, 0.1) is 12.7 Å². The third kappa shape index (κ3) is 1.87. The summed E-state index contributed by atoms with van der Waals surface area (Å²) in [5.41, 5.74) is 2.13. The maximum Gasteiger partial charge on any atom is 0.359 e. The van der Waals surface area contributed by atoms with Crippen LogP contribution in [-0.2, 0) is 17.6 Å². The topological polar surface area (TPSA) is 75.2 Å². The molecule has 0 fully saturated rings. The normalized spacial score (nSPS) is 19.7. The molecule has 5 heteroatoms. The van der Waals surface area contributed by atoms with Gasteiger partial charge in [-0.05, 0) is 19.8 Å². The minimum absolute atomic E-state index is 0.326. The summed E-state index contributed by atoms with van der Waals surface area (Å²) >= 11 is 0. The second-order valence-corrected chi connectivity index (χ2v) is 3.65. The summed E-state index contributed by atoms with van der Waals surface area (Å²) in [6, 6.07) is 0. The smallest absolute Gasteiger partial charge is 0.359 e. The average Bonchev–Trinajstić information content (AvgIpc) is 2.60. The molecule has 0 aromatic carbocycles. The Balaban J connectivity index is 2.24. The van der Waals surface area contributed by atoms with Crippen molar-refractivity contribution >= 4 is 5.97 Å². The first-order valence-electron chi connectivity index (χ1n) is 5.13. The number of fused-ring (bicyclic) bond motifs is 1. The number of aliphatic hydroxyl groups excluding tert-OH is 1. The molecule has 0 bridgehead atoms. The summed E-state index contributed by atoms with van der Waals surface area (Å²) in [4.78, 5) is 11.5. The number of carbonyl (C=O) groups excluding carboxylic acids is 1. The SMILES string of the molecule is CCOC(=O)c1n[nH]c2c1CCC(O)C2. The van der Waals surface area contributed by atoms with Gasteiger partial charge in [0.15, 0.2) is 5.69 Å². The van der Waals surface area contributed by atoms with Crippen molar-refractivity contribution in [2.45, 2.75) is 32.3 Å². The number of hydrogen-bond acceptors (Lipinski definition) is 4. The molecule has 1 aliphatic carbocycles. The van der Waals surface area contributed by atoms with E-state index in [1.807, 2.05) is 0 Å². The van der Waals surface area contributed by atoms with Gasteiger partial charge in [-0.25, -0.2) is 4.79 Å². The van der Waals surface area contributed by atoms with Gasteiger partial charge in [-0.15, -0.1) is 0 Å². The van der Waals surface area contributed by atoms with Crippen molar-refractivity contribution in [2.75, 3.05) is 6.61 Å². The number of ether oxygens (including phenoxy) is 1. The van der Waals surface area contributed by atoms with Gasteiger partial charge >= 0.3 is 5.97 Å². The van der Waals surface area contributed by atoms with Crippen LogP contribution in [0.4, 0.5) is 0 Å². The van der Waals surface area contributed by atoms with E-state index < -0.39 is 0 Å². The number of aromatic amines is 1. The van der Waals surface area contributed by atoms with Crippen LogP contribution in [0.1, 0.15) is 35.1 Å². The first-order chi connectivity index (χ1) is 7.22. The maximum atomic E-state index is 11.5. The van der Waals surface area contributed by atoms with Crippen molar-refractivity contribution in [3.63, 3.8) is 0 Å². The molecule has 1 aromatic rings. The standard InChI is InChI=1S/C10H14N2O3/c1-2-15-10(14)9-7-4-3-6(13)5-8(7)11-12-9/h6,13H,2-5H2,1H3,(H,11,12). The second kappa shape index (κ2) is 4.02. The molecule has 0 amide bonds. The highest BCUT2D eigenvalue weighted by atomic mass is 16.5. The fraction of sp³-hybridized carbons (Fsp3) is 0.600.